The number of pyridine rings is 1. The summed E-state index contributed by atoms with van der Waals surface area (Å²) in [6.07, 6.45) is 3.73. The largest absolute Gasteiger partial charge is 0.421 e. The van der Waals surface area contributed by atoms with E-state index in [0.29, 0.717) is 24.2 Å². The lowest BCUT2D eigenvalue weighted by atomic mass is 10.2. The molecule has 0 saturated heterocycles. The minimum absolute atomic E-state index is 0.174. The highest BCUT2D eigenvalue weighted by atomic mass is 16.4. The van der Waals surface area contributed by atoms with E-state index in [1.807, 2.05) is 0 Å². The Hall–Kier alpha value is -1.91. The van der Waals surface area contributed by atoms with Crippen molar-refractivity contribution in [2.45, 2.75) is 32.7 Å². The molecule has 2 rings (SSSR count). The maximum absolute atomic E-state index is 11.6. The number of carbonyl (C=O) groups excluding carboxylic acids is 1. The van der Waals surface area contributed by atoms with Gasteiger partial charge in [-0.1, -0.05) is 0 Å². The standard InChI is InChI=1S/C12H14N2O3/c1-9(15)5-2-3-8-14-11-10(17-12(14)16)6-4-7-13-11/h4,6-7H,2-3,5,8H2,1H3. The van der Waals surface area contributed by atoms with Gasteiger partial charge in [-0.3, -0.25) is 4.57 Å². The molecular weight excluding hydrogens is 220 g/mol. The van der Waals surface area contributed by atoms with E-state index < -0.39 is 0 Å². The van der Waals surface area contributed by atoms with Crippen molar-refractivity contribution in [3.63, 3.8) is 0 Å². The Kier molecular flexibility index (Phi) is 3.37. The maximum atomic E-state index is 11.6. The van der Waals surface area contributed by atoms with E-state index in [9.17, 15) is 9.59 Å². The van der Waals surface area contributed by atoms with Gasteiger partial charge in [0.25, 0.3) is 0 Å². The van der Waals surface area contributed by atoms with Crippen molar-refractivity contribution < 1.29 is 9.21 Å². The van der Waals surface area contributed by atoms with Gasteiger partial charge in [-0.05, 0) is 31.9 Å². The Morgan fingerprint density at radius 3 is 3.06 bits per heavy atom. The molecule has 0 N–H and O–H groups in total. The molecule has 90 valence electrons. The molecule has 0 atom stereocenters. The lowest BCUT2D eigenvalue weighted by Crippen LogP contribution is -2.14. The van der Waals surface area contributed by atoms with Crippen LogP contribution in [0, 0.1) is 0 Å². The molecule has 0 aliphatic carbocycles. The number of nitrogens with zero attached hydrogens (tertiary/aromatic N) is 2. The van der Waals surface area contributed by atoms with Crippen LogP contribution in [0.15, 0.2) is 27.5 Å². The minimum Gasteiger partial charge on any atom is -0.406 e. The number of rotatable bonds is 5. The molecule has 0 saturated carbocycles. The summed E-state index contributed by atoms with van der Waals surface area (Å²) in [5.74, 6) is -0.214. The Balaban J connectivity index is 2.10. The molecule has 2 aromatic rings. The predicted octanol–water partition coefficient (Wildman–Crippen LogP) is 1.75. The van der Waals surface area contributed by atoms with Crippen LogP contribution in [0.25, 0.3) is 11.2 Å². The first-order chi connectivity index (χ1) is 8.18. The predicted molar refractivity (Wildman–Crippen MR) is 62.8 cm³/mol. The van der Waals surface area contributed by atoms with Crippen LogP contribution in [0.1, 0.15) is 26.2 Å². The average molecular weight is 234 g/mol. The molecule has 2 aromatic heterocycles. The number of ketones is 1. The summed E-state index contributed by atoms with van der Waals surface area (Å²) in [4.78, 5) is 26.5. The Labute approximate surface area is 98.1 Å². The van der Waals surface area contributed by atoms with Gasteiger partial charge >= 0.3 is 5.76 Å². The highest BCUT2D eigenvalue weighted by Gasteiger charge is 2.08. The van der Waals surface area contributed by atoms with Crippen LogP contribution in [0.4, 0.5) is 0 Å². The minimum atomic E-state index is -0.387. The molecule has 5 heteroatoms. The van der Waals surface area contributed by atoms with Crippen molar-refractivity contribution >= 4 is 17.0 Å². The second kappa shape index (κ2) is 4.95. The maximum Gasteiger partial charge on any atom is 0.421 e. The third kappa shape index (κ3) is 2.61. The first kappa shape index (κ1) is 11.6. The van der Waals surface area contributed by atoms with E-state index >= 15 is 0 Å². The number of hydrogen-bond donors (Lipinski definition) is 0. The molecule has 0 aliphatic heterocycles. The summed E-state index contributed by atoms with van der Waals surface area (Å²) in [5, 5.41) is 0. The molecule has 0 amide bonds. The zero-order chi connectivity index (χ0) is 12.3. The normalized spacial score (nSPS) is 10.9. The first-order valence-electron chi connectivity index (χ1n) is 5.62. The number of Topliss-reactive ketones (excluding diaryl/α,β-unsaturated/α-hetero) is 1. The highest BCUT2D eigenvalue weighted by molar-refractivity contribution is 5.75. The van der Waals surface area contributed by atoms with Crippen molar-refractivity contribution in [2.24, 2.45) is 0 Å². The number of hydrogen-bond acceptors (Lipinski definition) is 4. The van der Waals surface area contributed by atoms with Gasteiger partial charge < -0.3 is 9.21 Å². The van der Waals surface area contributed by atoms with E-state index in [-0.39, 0.29) is 11.5 Å². The highest BCUT2D eigenvalue weighted by Crippen LogP contribution is 2.09. The molecule has 5 nitrogen and oxygen atoms in total. The van der Waals surface area contributed by atoms with E-state index in [4.69, 9.17) is 4.42 Å². The number of fused-ring (bicyclic) bond motifs is 1. The van der Waals surface area contributed by atoms with Crippen LogP contribution in [-0.4, -0.2) is 15.3 Å². The van der Waals surface area contributed by atoms with Crippen molar-refractivity contribution in [1.82, 2.24) is 9.55 Å². The fourth-order valence-corrected chi connectivity index (χ4v) is 1.74. The van der Waals surface area contributed by atoms with E-state index in [1.54, 1.807) is 25.3 Å². The summed E-state index contributed by atoms with van der Waals surface area (Å²) < 4.78 is 6.56. The molecule has 17 heavy (non-hydrogen) atoms. The zero-order valence-corrected chi connectivity index (χ0v) is 9.68. The monoisotopic (exact) mass is 234 g/mol. The Bertz CT molecular complexity index is 583. The van der Waals surface area contributed by atoms with Crippen LogP contribution in [0.2, 0.25) is 0 Å². The summed E-state index contributed by atoms with van der Waals surface area (Å²) in [6, 6.07) is 3.45. The third-order valence-electron chi connectivity index (χ3n) is 2.58. The summed E-state index contributed by atoms with van der Waals surface area (Å²) in [5.41, 5.74) is 1.07. The van der Waals surface area contributed by atoms with Crippen molar-refractivity contribution in [3.8, 4) is 0 Å². The van der Waals surface area contributed by atoms with E-state index in [1.165, 1.54) is 4.57 Å². The van der Waals surface area contributed by atoms with Gasteiger partial charge in [0, 0.05) is 19.2 Å². The van der Waals surface area contributed by atoms with Gasteiger partial charge in [-0.15, -0.1) is 0 Å². The molecular formula is C12H14N2O3. The fourth-order valence-electron chi connectivity index (χ4n) is 1.74. The van der Waals surface area contributed by atoms with Crippen LogP contribution in [0.3, 0.4) is 0 Å². The number of oxazole rings is 1. The average Bonchev–Trinajstić information content (AvgIpc) is 2.60. The molecule has 0 unspecified atom stereocenters. The number of unbranched alkanes of at least 4 members (excludes halogenated alkanes) is 1. The zero-order valence-electron chi connectivity index (χ0n) is 9.68. The third-order valence-corrected chi connectivity index (χ3v) is 2.58. The van der Waals surface area contributed by atoms with Crippen LogP contribution >= 0.6 is 0 Å². The van der Waals surface area contributed by atoms with Gasteiger partial charge in [-0.2, -0.15) is 0 Å². The second-order valence-electron chi connectivity index (χ2n) is 4.00. The van der Waals surface area contributed by atoms with Gasteiger partial charge in [0.2, 0.25) is 0 Å². The molecule has 2 heterocycles. The molecule has 0 bridgehead atoms. The van der Waals surface area contributed by atoms with Gasteiger partial charge in [0.15, 0.2) is 11.2 Å². The summed E-state index contributed by atoms with van der Waals surface area (Å²) in [7, 11) is 0. The lowest BCUT2D eigenvalue weighted by Gasteiger charge is -2.00. The van der Waals surface area contributed by atoms with Gasteiger partial charge in [-0.25, -0.2) is 9.78 Å². The fraction of sp³-hybridized carbons (Fsp3) is 0.417. The van der Waals surface area contributed by atoms with Crippen LogP contribution < -0.4 is 5.76 Å². The quantitative estimate of drug-likeness (QED) is 0.739. The van der Waals surface area contributed by atoms with Gasteiger partial charge in [0.05, 0.1) is 0 Å². The van der Waals surface area contributed by atoms with E-state index in [0.717, 1.165) is 12.8 Å². The topological polar surface area (TPSA) is 65.1 Å². The number of carbonyl (C=O) groups is 1. The molecule has 0 aliphatic rings. The first-order valence-corrected chi connectivity index (χ1v) is 5.62. The van der Waals surface area contributed by atoms with Gasteiger partial charge in [0.1, 0.15) is 5.78 Å². The molecule has 0 fully saturated rings. The molecule has 0 aromatic carbocycles. The Morgan fingerprint density at radius 2 is 2.29 bits per heavy atom. The molecule has 0 radical (unpaired) electrons. The van der Waals surface area contributed by atoms with Crippen LogP contribution in [-0.2, 0) is 11.3 Å². The Morgan fingerprint density at radius 1 is 1.47 bits per heavy atom. The second-order valence-corrected chi connectivity index (χ2v) is 4.00. The van der Waals surface area contributed by atoms with Crippen LogP contribution in [0.5, 0.6) is 0 Å². The number of aromatic nitrogens is 2. The summed E-state index contributed by atoms with van der Waals surface area (Å²) in [6.45, 7) is 2.11. The lowest BCUT2D eigenvalue weighted by molar-refractivity contribution is -0.117. The SMILES string of the molecule is CC(=O)CCCCn1c(=O)oc2cccnc21. The molecule has 0 spiro atoms. The summed E-state index contributed by atoms with van der Waals surface area (Å²) >= 11 is 0. The van der Waals surface area contributed by atoms with E-state index in [2.05, 4.69) is 4.98 Å². The van der Waals surface area contributed by atoms with Crippen molar-refractivity contribution in [3.05, 3.63) is 28.9 Å². The van der Waals surface area contributed by atoms with Crippen molar-refractivity contribution in [1.29, 1.82) is 0 Å². The smallest absolute Gasteiger partial charge is 0.406 e. The number of aryl methyl sites for hydroxylation is 1. The van der Waals surface area contributed by atoms with Crippen molar-refractivity contribution in [2.75, 3.05) is 0 Å².